The molecule has 0 aliphatic rings. The van der Waals surface area contributed by atoms with Crippen LogP contribution in [0.2, 0.25) is 5.02 Å². The number of nitrogens with zero attached hydrogens (tertiary/aromatic N) is 5. The lowest BCUT2D eigenvalue weighted by Gasteiger charge is -2.12. The van der Waals surface area contributed by atoms with Gasteiger partial charge in [-0.3, -0.25) is 4.57 Å². The van der Waals surface area contributed by atoms with Crippen LogP contribution in [0.4, 0.5) is 0 Å². The van der Waals surface area contributed by atoms with Gasteiger partial charge in [0.2, 0.25) is 5.89 Å². The minimum atomic E-state index is 0.230. The van der Waals surface area contributed by atoms with Crippen molar-refractivity contribution >= 4 is 23.4 Å². The van der Waals surface area contributed by atoms with Gasteiger partial charge in [-0.25, -0.2) is 0 Å². The molecule has 2 aromatic heterocycles. The number of aromatic nitrogens is 5. The fraction of sp³-hybridized carbons (Fsp3) is 0.304. The van der Waals surface area contributed by atoms with Crippen LogP contribution in [0.5, 0.6) is 11.5 Å². The third kappa shape index (κ3) is 5.66. The summed E-state index contributed by atoms with van der Waals surface area (Å²) in [6.07, 6.45) is 0.721. The predicted molar refractivity (Wildman–Crippen MR) is 126 cm³/mol. The summed E-state index contributed by atoms with van der Waals surface area (Å²) in [6.45, 7) is 6.74. The maximum atomic E-state index is 6.40. The van der Waals surface area contributed by atoms with Gasteiger partial charge in [0, 0.05) is 11.4 Å². The van der Waals surface area contributed by atoms with Crippen LogP contribution in [0, 0.1) is 6.92 Å². The molecular formula is C23H24ClN5O3S. The van der Waals surface area contributed by atoms with E-state index < -0.39 is 0 Å². The number of hydrogen-bond acceptors (Lipinski definition) is 8. The van der Waals surface area contributed by atoms with Gasteiger partial charge in [0.1, 0.15) is 18.1 Å². The second kappa shape index (κ2) is 10.7. The molecule has 8 nitrogen and oxygen atoms in total. The predicted octanol–water partition coefficient (Wildman–Crippen LogP) is 5.44. The molecule has 2 aromatic carbocycles. The molecule has 0 amide bonds. The molecule has 10 heteroatoms. The second-order valence-electron chi connectivity index (χ2n) is 7.11. The van der Waals surface area contributed by atoms with Gasteiger partial charge < -0.3 is 14.0 Å². The average Bonchev–Trinajstić information content (AvgIpc) is 3.46. The summed E-state index contributed by atoms with van der Waals surface area (Å²) in [6, 6.07) is 13.3. The third-order valence-electron chi connectivity index (χ3n) is 4.77. The zero-order chi connectivity index (χ0) is 23.2. The van der Waals surface area contributed by atoms with Crippen molar-refractivity contribution in [3.05, 3.63) is 70.6 Å². The number of ether oxygens (including phenoxy) is 2. The van der Waals surface area contributed by atoms with E-state index in [0.29, 0.717) is 45.8 Å². The molecule has 172 valence electrons. The second-order valence-corrected chi connectivity index (χ2v) is 8.46. The highest BCUT2D eigenvalue weighted by Crippen LogP contribution is 2.28. The highest BCUT2D eigenvalue weighted by atomic mass is 35.5. The van der Waals surface area contributed by atoms with E-state index in [2.05, 4.69) is 20.3 Å². The smallest absolute Gasteiger partial charge is 0.237 e. The van der Waals surface area contributed by atoms with Crippen molar-refractivity contribution < 1.29 is 14.0 Å². The topological polar surface area (TPSA) is 88.1 Å². The number of rotatable bonds is 10. The van der Waals surface area contributed by atoms with Crippen molar-refractivity contribution in [3.63, 3.8) is 0 Å². The first kappa shape index (κ1) is 23.1. The van der Waals surface area contributed by atoms with Crippen LogP contribution in [0.1, 0.15) is 37.0 Å². The third-order valence-corrected chi connectivity index (χ3v) is 6.09. The van der Waals surface area contributed by atoms with Gasteiger partial charge in [0.05, 0.1) is 18.0 Å². The SMILES string of the molecule is CCOc1ccc(OCc2nnc(SCc3nc(CC)no3)n2-c2ccc(C)c(Cl)c2)cc1. The molecule has 0 aliphatic carbocycles. The number of hydrogen-bond donors (Lipinski definition) is 0. The Morgan fingerprint density at radius 1 is 1.03 bits per heavy atom. The summed E-state index contributed by atoms with van der Waals surface area (Å²) >= 11 is 7.86. The number of thioether (sulfide) groups is 1. The van der Waals surface area contributed by atoms with Gasteiger partial charge in [-0.1, -0.05) is 41.5 Å². The largest absolute Gasteiger partial charge is 0.494 e. The van der Waals surface area contributed by atoms with Crippen LogP contribution >= 0.6 is 23.4 Å². The minimum absolute atomic E-state index is 0.230. The van der Waals surface area contributed by atoms with E-state index in [4.69, 9.17) is 25.6 Å². The first-order valence-electron chi connectivity index (χ1n) is 10.6. The van der Waals surface area contributed by atoms with E-state index in [0.717, 1.165) is 23.4 Å². The average molecular weight is 486 g/mol. The Bertz CT molecular complexity index is 1210. The minimum Gasteiger partial charge on any atom is -0.494 e. The molecule has 0 unspecified atom stereocenters. The van der Waals surface area contributed by atoms with Crippen molar-refractivity contribution in [3.8, 4) is 17.2 Å². The Kier molecular flexibility index (Phi) is 7.51. The highest BCUT2D eigenvalue weighted by molar-refractivity contribution is 7.98. The van der Waals surface area contributed by atoms with Crippen molar-refractivity contribution in [2.45, 2.75) is 44.7 Å². The molecule has 0 fully saturated rings. The molecule has 0 N–H and O–H groups in total. The molecule has 0 radical (unpaired) electrons. The lowest BCUT2D eigenvalue weighted by Crippen LogP contribution is -2.07. The van der Waals surface area contributed by atoms with Crippen LogP contribution in [0.25, 0.3) is 5.69 Å². The molecule has 0 saturated heterocycles. The van der Waals surface area contributed by atoms with E-state index in [1.54, 1.807) is 0 Å². The summed E-state index contributed by atoms with van der Waals surface area (Å²) in [4.78, 5) is 4.36. The quantitative estimate of drug-likeness (QED) is 0.274. The van der Waals surface area contributed by atoms with Crippen molar-refractivity contribution in [1.29, 1.82) is 0 Å². The Morgan fingerprint density at radius 2 is 1.79 bits per heavy atom. The molecule has 4 rings (SSSR count). The van der Waals surface area contributed by atoms with E-state index in [9.17, 15) is 0 Å². The first-order chi connectivity index (χ1) is 16.1. The maximum Gasteiger partial charge on any atom is 0.237 e. The Hall–Kier alpha value is -3.04. The molecule has 0 aliphatic heterocycles. The van der Waals surface area contributed by atoms with E-state index in [-0.39, 0.29) is 6.61 Å². The molecular weight excluding hydrogens is 462 g/mol. The molecule has 0 bridgehead atoms. The lowest BCUT2D eigenvalue weighted by atomic mass is 10.2. The van der Waals surface area contributed by atoms with Crippen LogP contribution in [0.15, 0.2) is 52.1 Å². The standard InChI is InChI=1S/C23H24ClN5O3S/c1-4-20-25-22(32-28-20)14-33-23-27-26-21(29(23)16-7-6-15(3)19(24)12-16)13-31-18-10-8-17(9-11-18)30-5-2/h6-12H,4-5,13-14H2,1-3H3. The fourth-order valence-electron chi connectivity index (χ4n) is 3.03. The van der Waals surface area contributed by atoms with Crippen molar-refractivity contribution in [2.75, 3.05) is 6.61 Å². The van der Waals surface area contributed by atoms with E-state index in [1.807, 2.05) is 67.8 Å². The van der Waals surface area contributed by atoms with Gasteiger partial charge >= 0.3 is 0 Å². The monoisotopic (exact) mass is 485 g/mol. The van der Waals surface area contributed by atoms with Gasteiger partial charge in [0.15, 0.2) is 16.8 Å². The number of halogens is 1. The zero-order valence-corrected chi connectivity index (χ0v) is 20.2. The highest BCUT2D eigenvalue weighted by Gasteiger charge is 2.17. The Morgan fingerprint density at radius 3 is 2.45 bits per heavy atom. The van der Waals surface area contributed by atoms with Crippen LogP contribution < -0.4 is 9.47 Å². The van der Waals surface area contributed by atoms with Crippen molar-refractivity contribution in [1.82, 2.24) is 24.9 Å². The summed E-state index contributed by atoms with van der Waals surface area (Å²) in [5.41, 5.74) is 1.84. The molecule has 0 saturated carbocycles. The zero-order valence-electron chi connectivity index (χ0n) is 18.6. The molecule has 33 heavy (non-hydrogen) atoms. The van der Waals surface area contributed by atoms with Gasteiger partial charge in [0.25, 0.3) is 0 Å². The summed E-state index contributed by atoms with van der Waals surface area (Å²) < 4.78 is 18.7. The van der Waals surface area contributed by atoms with E-state index >= 15 is 0 Å². The normalized spacial score (nSPS) is 11.0. The fourth-order valence-corrected chi connectivity index (χ4v) is 4.02. The molecule has 0 atom stereocenters. The summed E-state index contributed by atoms with van der Waals surface area (Å²) in [7, 11) is 0. The van der Waals surface area contributed by atoms with E-state index in [1.165, 1.54) is 11.8 Å². The van der Waals surface area contributed by atoms with Crippen LogP contribution in [0.3, 0.4) is 0 Å². The summed E-state index contributed by atoms with van der Waals surface area (Å²) in [5, 5.41) is 14.0. The number of benzene rings is 2. The molecule has 4 aromatic rings. The number of aryl methyl sites for hydroxylation is 2. The van der Waals surface area contributed by atoms with Crippen LogP contribution in [-0.2, 0) is 18.8 Å². The Balaban J connectivity index is 1.56. The maximum absolute atomic E-state index is 6.40. The Labute approximate surface area is 201 Å². The summed E-state index contributed by atoms with van der Waals surface area (Å²) in [5.74, 6) is 3.86. The van der Waals surface area contributed by atoms with Crippen LogP contribution in [-0.4, -0.2) is 31.5 Å². The lowest BCUT2D eigenvalue weighted by molar-refractivity contribution is 0.291. The van der Waals surface area contributed by atoms with Gasteiger partial charge in [-0.05, 0) is 55.8 Å². The molecule has 2 heterocycles. The van der Waals surface area contributed by atoms with Gasteiger partial charge in [-0.2, -0.15) is 4.98 Å². The molecule has 0 spiro atoms. The first-order valence-corrected chi connectivity index (χ1v) is 11.9. The van der Waals surface area contributed by atoms with Gasteiger partial charge in [-0.15, -0.1) is 10.2 Å². The van der Waals surface area contributed by atoms with Crippen molar-refractivity contribution in [2.24, 2.45) is 0 Å².